The van der Waals surface area contributed by atoms with E-state index in [1.54, 1.807) is 18.7 Å². The van der Waals surface area contributed by atoms with Gasteiger partial charge < -0.3 is 9.84 Å². The summed E-state index contributed by atoms with van der Waals surface area (Å²) in [5, 5.41) is 11.7. The van der Waals surface area contributed by atoms with Crippen molar-refractivity contribution in [2.75, 3.05) is 7.11 Å². The number of rotatable bonds is 5. The lowest BCUT2D eigenvalue weighted by molar-refractivity contribution is -0.138. The van der Waals surface area contributed by atoms with Gasteiger partial charge in [-0.05, 0) is 24.1 Å². The smallest absolute Gasteiger partial charge is 0.313 e. The first-order chi connectivity index (χ1) is 8.70. The topological polar surface area (TPSA) is 59.4 Å². The quantitative estimate of drug-likeness (QED) is 0.900. The number of aromatic nitrogens is 1. The predicted molar refractivity (Wildman–Crippen MR) is 69.2 cm³/mol. The highest BCUT2D eigenvalue weighted by Gasteiger charge is 2.22. The van der Waals surface area contributed by atoms with Crippen molar-refractivity contribution >= 4 is 17.3 Å². The molecule has 94 valence electrons. The number of thiazole rings is 1. The number of carbonyl (C=O) groups is 1. The highest BCUT2D eigenvalue weighted by Crippen LogP contribution is 2.24. The molecule has 0 spiro atoms. The molecule has 0 aliphatic carbocycles. The fraction of sp³-hybridized carbons (Fsp3) is 0.231. The van der Waals surface area contributed by atoms with Crippen LogP contribution in [0.2, 0.25) is 0 Å². The van der Waals surface area contributed by atoms with Gasteiger partial charge in [-0.3, -0.25) is 4.79 Å². The second-order valence-corrected chi connectivity index (χ2v) is 4.74. The number of methoxy groups -OCH3 is 1. The molecule has 0 aliphatic heterocycles. The van der Waals surface area contributed by atoms with Gasteiger partial charge in [-0.15, -0.1) is 11.3 Å². The van der Waals surface area contributed by atoms with Crippen LogP contribution in [0.1, 0.15) is 16.5 Å². The first-order valence-electron chi connectivity index (χ1n) is 5.46. The third-order valence-corrected chi connectivity index (χ3v) is 3.54. The van der Waals surface area contributed by atoms with Crippen LogP contribution in [0.25, 0.3) is 0 Å². The number of hydrogen-bond donors (Lipinski definition) is 1. The van der Waals surface area contributed by atoms with E-state index in [1.807, 2.05) is 24.3 Å². The van der Waals surface area contributed by atoms with Gasteiger partial charge in [0.05, 0.1) is 7.11 Å². The zero-order chi connectivity index (χ0) is 13.0. The van der Waals surface area contributed by atoms with Gasteiger partial charge in [-0.25, -0.2) is 4.98 Å². The summed E-state index contributed by atoms with van der Waals surface area (Å²) in [7, 11) is 1.60. The molecule has 1 N–H and O–H groups in total. The maximum atomic E-state index is 11.3. The highest BCUT2D eigenvalue weighted by atomic mass is 32.1. The van der Waals surface area contributed by atoms with Gasteiger partial charge in [0.25, 0.3) is 0 Å². The average Bonchev–Trinajstić information content (AvgIpc) is 2.90. The number of carboxylic acids is 1. The number of carboxylic acid groups (broad SMARTS) is 1. The van der Waals surface area contributed by atoms with E-state index >= 15 is 0 Å². The Hall–Kier alpha value is -1.88. The number of nitrogens with zero attached hydrogens (tertiary/aromatic N) is 1. The lowest BCUT2D eigenvalue weighted by Gasteiger charge is -2.09. The summed E-state index contributed by atoms with van der Waals surface area (Å²) in [6.07, 6.45) is 2.07. The van der Waals surface area contributed by atoms with Crippen molar-refractivity contribution < 1.29 is 14.6 Å². The van der Waals surface area contributed by atoms with E-state index in [0.29, 0.717) is 11.4 Å². The minimum Gasteiger partial charge on any atom is -0.497 e. The third kappa shape index (κ3) is 2.87. The predicted octanol–water partition coefficient (Wildman–Crippen LogP) is 2.56. The Morgan fingerprint density at radius 3 is 2.67 bits per heavy atom. The van der Waals surface area contributed by atoms with Crippen molar-refractivity contribution in [2.24, 2.45) is 0 Å². The molecule has 0 fully saturated rings. The molecule has 2 aromatic rings. The number of aliphatic carboxylic acids is 1. The van der Waals surface area contributed by atoms with Crippen molar-refractivity contribution in [1.82, 2.24) is 4.98 Å². The second-order valence-electron chi connectivity index (χ2n) is 3.81. The SMILES string of the molecule is COc1ccc(CC(C(=O)O)c2nccs2)cc1. The van der Waals surface area contributed by atoms with Gasteiger partial charge in [-0.1, -0.05) is 12.1 Å². The zero-order valence-electron chi connectivity index (χ0n) is 9.87. The minimum atomic E-state index is -0.847. The Kier molecular flexibility index (Phi) is 3.94. The summed E-state index contributed by atoms with van der Waals surface area (Å²) < 4.78 is 5.07. The maximum Gasteiger partial charge on any atom is 0.313 e. The first-order valence-corrected chi connectivity index (χ1v) is 6.34. The van der Waals surface area contributed by atoms with Gasteiger partial charge in [0.1, 0.15) is 16.7 Å². The molecule has 1 aromatic carbocycles. The van der Waals surface area contributed by atoms with E-state index < -0.39 is 11.9 Å². The molecule has 1 unspecified atom stereocenters. The van der Waals surface area contributed by atoms with Crippen molar-refractivity contribution in [1.29, 1.82) is 0 Å². The maximum absolute atomic E-state index is 11.3. The molecule has 4 nitrogen and oxygen atoms in total. The largest absolute Gasteiger partial charge is 0.497 e. The van der Waals surface area contributed by atoms with Gasteiger partial charge >= 0.3 is 5.97 Å². The standard InChI is InChI=1S/C13H13NO3S/c1-17-10-4-2-9(3-5-10)8-11(13(15)16)12-14-6-7-18-12/h2-7,11H,8H2,1H3,(H,15,16). The number of benzene rings is 1. The summed E-state index contributed by atoms with van der Waals surface area (Å²) >= 11 is 1.37. The molecule has 1 aromatic heterocycles. The van der Waals surface area contributed by atoms with Crippen molar-refractivity contribution in [3.63, 3.8) is 0 Å². The van der Waals surface area contributed by atoms with E-state index in [-0.39, 0.29) is 0 Å². The summed E-state index contributed by atoms with van der Waals surface area (Å²) in [5.74, 6) is -0.668. The molecule has 5 heteroatoms. The average molecular weight is 263 g/mol. The van der Waals surface area contributed by atoms with Crippen molar-refractivity contribution in [2.45, 2.75) is 12.3 Å². The van der Waals surface area contributed by atoms with Crippen molar-refractivity contribution in [3.05, 3.63) is 46.4 Å². The molecule has 0 aliphatic rings. The monoisotopic (exact) mass is 263 g/mol. The minimum absolute atomic E-state index is 0.437. The van der Waals surface area contributed by atoms with Crippen LogP contribution >= 0.6 is 11.3 Å². The van der Waals surface area contributed by atoms with E-state index in [9.17, 15) is 9.90 Å². The summed E-state index contributed by atoms with van der Waals surface area (Å²) in [5.41, 5.74) is 0.957. The van der Waals surface area contributed by atoms with Gasteiger partial charge in [-0.2, -0.15) is 0 Å². The van der Waals surface area contributed by atoms with Crippen LogP contribution in [0.4, 0.5) is 0 Å². The van der Waals surface area contributed by atoms with Crippen LogP contribution in [0, 0.1) is 0 Å². The molecular weight excluding hydrogens is 250 g/mol. The Morgan fingerprint density at radius 1 is 1.44 bits per heavy atom. The van der Waals surface area contributed by atoms with Crippen molar-refractivity contribution in [3.8, 4) is 5.75 Å². The van der Waals surface area contributed by atoms with E-state index in [0.717, 1.165) is 11.3 Å². The zero-order valence-corrected chi connectivity index (χ0v) is 10.7. The third-order valence-electron chi connectivity index (χ3n) is 2.65. The van der Waals surface area contributed by atoms with Crippen LogP contribution in [0.3, 0.4) is 0 Å². The van der Waals surface area contributed by atoms with Crippen LogP contribution in [0.5, 0.6) is 5.75 Å². The normalized spacial score (nSPS) is 12.1. The van der Waals surface area contributed by atoms with E-state index in [2.05, 4.69) is 4.98 Å². The lowest BCUT2D eigenvalue weighted by atomic mass is 10.00. The molecule has 0 amide bonds. The van der Waals surface area contributed by atoms with Crippen LogP contribution in [0.15, 0.2) is 35.8 Å². The highest BCUT2D eigenvalue weighted by molar-refractivity contribution is 7.09. The molecule has 18 heavy (non-hydrogen) atoms. The fourth-order valence-electron chi connectivity index (χ4n) is 1.68. The Morgan fingerprint density at radius 2 is 2.17 bits per heavy atom. The molecule has 0 saturated heterocycles. The van der Waals surface area contributed by atoms with Gasteiger partial charge in [0.15, 0.2) is 0 Å². The first kappa shape index (κ1) is 12.6. The Balaban J connectivity index is 2.16. The van der Waals surface area contributed by atoms with Crippen LogP contribution in [-0.4, -0.2) is 23.2 Å². The lowest BCUT2D eigenvalue weighted by Crippen LogP contribution is -2.14. The summed E-state index contributed by atoms with van der Waals surface area (Å²) in [6, 6.07) is 7.41. The van der Waals surface area contributed by atoms with E-state index in [4.69, 9.17) is 4.74 Å². The molecule has 2 rings (SSSR count). The second kappa shape index (κ2) is 5.64. The molecule has 0 bridgehead atoms. The molecule has 0 radical (unpaired) electrons. The Bertz CT molecular complexity index is 508. The van der Waals surface area contributed by atoms with Gasteiger partial charge in [0.2, 0.25) is 0 Å². The van der Waals surface area contributed by atoms with E-state index in [1.165, 1.54) is 11.3 Å². The summed E-state index contributed by atoms with van der Waals surface area (Å²) in [6.45, 7) is 0. The molecule has 0 saturated carbocycles. The van der Waals surface area contributed by atoms with Gasteiger partial charge in [0, 0.05) is 11.6 Å². The molecular formula is C13H13NO3S. The Labute approximate surface area is 109 Å². The number of hydrogen-bond acceptors (Lipinski definition) is 4. The van der Waals surface area contributed by atoms with Crippen LogP contribution < -0.4 is 4.74 Å². The summed E-state index contributed by atoms with van der Waals surface area (Å²) in [4.78, 5) is 15.3. The number of ether oxygens (including phenoxy) is 1. The van der Waals surface area contributed by atoms with Crippen LogP contribution in [-0.2, 0) is 11.2 Å². The fourth-order valence-corrected chi connectivity index (χ4v) is 2.42. The molecule has 1 atom stereocenters. The molecule has 1 heterocycles.